The van der Waals surface area contributed by atoms with Gasteiger partial charge in [0.05, 0.1) is 16.9 Å². The molecule has 182 valence electrons. The van der Waals surface area contributed by atoms with Crippen LogP contribution in [-0.2, 0) is 20.5 Å². The molecule has 2 aromatic rings. The molecule has 8 heteroatoms. The lowest BCUT2D eigenvalue weighted by molar-refractivity contribution is 0.00578. The number of aromatic nitrogens is 1. The zero-order chi connectivity index (χ0) is 24.9. The number of benzene rings is 1. The summed E-state index contributed by atoms with van der Waals surface area (Å²) in [5, 5.41) is 3.90. The summed E-state index contributed by atoms with van der Waals surface area (Å²) in [6.07, 6.45) is 3.84. The van der Waals surface area contributed by atoms with E-state index in [0.29, 0.717) is 6.42 Å². The number of alkyl carbamates (subject to hydrolysis) is 1. The number of hydrogen-bond donors (Lipinski definition) is 2. The quantitative estimate of drug-likeness (QED) is 0.603. The standard InChI is InChI=1S/C26H35BN2O5/c1-24(2,3)32-23(31)28-15-17(27-33-25(4,5)26(6,7)34-27)13-16-11-12-20-19(14-16)18-9-8-10-21(30)22(18)29-20/h11-14,29H,8-10,15H2,1-7H3,(H,28,31). The van der Waals surface area contributed by atoms with Crippen LogP contribution in [0.4, 0.5) is 4.79 Å². The first-order valence-electron chi connectivity index (χ1n) is 12.0. The summed E-state index contributed by atoms with van der Waals surface area (Å²) in [6, 6.07) is 6.07. The monoisotopic (exact) mass is 466 g/mol. The lowest BCUT2D eigenvalue weighted by atomic mass is 9.77. The van der Waals surface area contributed by atoms with E-state index in [9.17, 15) is 9.59 Å². The molecule has 1 aliphatic carbocycles. The van der Waals surface area contributed by atoms with Crippen molar-refractivity contribution in [2.75, 3.05) is 6.54 Å². The Morgan fingerprint density at radius 3 is 2.50 bits per heavy atom. The number of Topliss-reactive ketones (excluding diaryl/α,β-unsaturated/α-hetero) is 1. The van der Waals surface area contributed by atoms with Crippen LogP contribution in [0.1, 0.15) is 82.9 Å². The number of nitrogens with one attached hydrogen (secondary N) is 2. The van der Waals surface area contributed by atoms with Crippen molar-refractivity contribution in [1.82, 2.24) is 10.3 Å². The van der Waals surface area contributed by atoms with Gasteiger partial charge in [-0.3, -0.25) is 4.79 Å². The van der Waals surface area contributed by atoms with Crippen LogP contribution in [0.25, 0.3) is 17.0 Å². The van der Waals surface area contributed by atoms with Gasteiger partial charge in [-0.1, -0.05) is 12.1 Å². The van der Waals surface area contributed by atoms with Crippen LogP contribution in [0.15, 0.2) is 23.7 Å². The van der Waals surface area contributed by atoms with Gasteiger partial charge in [0, 0.05) is 23.9 Å². The normalized spacial score (nSPS) is 19.9. The van der Waals surface area contributed by atoms with Crippen molar-refractivity contribution >= 4 is 36.0 Å². The fourth-order valence-electron chi connectivity index (χ4n) is 4.30. The SMILES string of the molecule is CC(C)(C)OC(=O)NCC(=Cc1ccc2[nH]c3c(c2c1)CCCC3=O)B1OC(C)(C)C(C)(C)O1. The van der Waals surface area contributed by atoms with E-state index in [-0.39, 0.29) is 12.3 Å². The lowest BCUT2D eigenvalue weighted by Crippen LogP contribution is -2.41. The molecule has 2 aliphatic rings. The van der Waals surface area contributed by atoms with E-state index < -0.39 is 30.0 Å². The Kier molecular flexibility index (Phi) is 6.19. The molecule has 2 heterocycles. The molecule has 0 atom stereocenters. The van der Waals surface area contributed by atoms with Crippen LogP contribution in [0.5, 0.6) is 0 Å². The molecule has 34 heavy (non-hydrogen) atoms. The number of carbonyl (C=O) groups excluding carboxylic acids is 2. The molecule has 0 saturated carbocycles. The molecule has 1 amide bonds. The number of ketones is 1. The van der Waals surface area contributed by atoms with Gasteiger partial charge in [-0.25, -0.2) is 4.79 Å². The first-order valence-corrected chi connectivity index (χ1v) is 12.0. The number of aromatic amines is 1. The number of carbonyl (C=O) groups is 2. The van der Waals surface area contributed by atoms with Gasteiger partial charge < -0.3 is 24.3 Å². The molecule has 7 nitrogen and oxygen atoms in total. The summed E-state index contributed by atoms with van der Waals surface area (Å²) < 4.78 is 18.0. The van der Waals surface area contributed by atoms with E-state index in [2.05, 4.69) is 16.4 Å². The second-order valence-corrected chi connectivity index (χ2v) is 11.2. The van der Waals surface area contributed by atoms with E-state index in [1.54, 1.807) is 0 Å². The van der Waals surface area contributed by atoms with E-state index in [4.69, 9.17) is 14.0 Å². The number of ether oxygens (including phenoxy) is 1. The van der Waals surface area contributed by atoms with Crippen LogP contribution in [0.2, 0.25) is 0 Å². The molecule has 4 rings (SSSR count). The summed E-state index contributed by atoms with van der Waals surface area (Å²) in [5.74, 6) is 0.175. The van der Waals surface area contributed by atoms with Gasteiger partial charge in [0.25, 0.3) is 0 Å². The third-order valence-corrected chi connectivity index (χ3v) is 6.78. The first-order chi connectivity index (χ1) is 15.8. The zero-order valence-corrected chi connectivity index (χ0v) is 21.3. The average Bonchev–Trinajstić information content (AvgIpc) is 3.18. The second kappa shape index (κ2) is 8.58. The lowest BCUT2D eigenvalue weighted by Gasteiger charge is -2.32. The van der Waals surface area contributed by atoms with Crippen molar-refractivity contribution in [2.45, 2.75) is 84.5 Å². The molecule has 1 saturated heterocycles. The Bertz CT molecular complexity index is 1140. The summed E-state index contributed by atoms with van der Waals surface area (Å²) in [4.78, 5) is 28.0. The molecule has 0 spiro atoms. The average molecular weight is 466 g/mol. The maximum atomic E-state index is 12.3. The van der Waals surface area contributed by atoms with E-state index in [1.807, 2.05) is 66.7 Å². The Morgan fingerprint density at radius 2 is 1.85 bits per heavy atom. The van der Waals surface area contributed by atoms with Gasteiger partial charge in [0.1, 0.15) is 5.60 Å². The number of fused-ring (bicyclic) bond motifs is 3. The van der Waals surface area contributed by atoms with Crippen molar-refractivity contribution in [3.05, 3.63) is 40.5 Å². The minimum atomic E-state index is -0.614. The van der Waals surface area contributed by atoms with Gasteiger partial charge in [-0.15, -0.1) is 0 Å². The van der Waals surface area contributed by atoms with Gasteiger partial charge in [0.15, 0.2) is 5.78 Å². The van der Waals surface area contributed by atoms with Gasteiger partial charge in [-0.2, -0.15) is 0 Å². The first kappa shape index (κ1) is 24.5. The van der Waals surface area contributed by atoms with Crippen LogP contribution in [0.3, 0.4) is 0 Å². The maximum absolute atomic E-state index is 12.3. The van der Waals surface area contributed by atoms with Crippen LogP contribution in [-0.4, -0.2) is 47.3 Å². The molecule has 1 aliphatic heterocycles. The van der Waals surface area contributed by atoms with Gasteiger partial charge >= 0.3 is 13.2 Å². The second-order valence-electron chi connectivity index (χ2n) is 11.2. The fourth-order valence-corrected chi connectivity index (χ4v) is 4.30. The smallest absolute Gasteiger partial charge is 0.444 e. The third-order valence-electron chi connectivity index (χ3n) is 6.78. The van der Waals surface area contributed by atoms with E-state index >= 15 is 0 Å². The van der Waals surface area contributed by atoms with Crippen LogP contribution < -0.4 is 5.32 Å². The zero-order valence-electron chi connectivity index (χ0n) is 21.3. The number of aryl methyl sites for hydroxylation is 1. The molecule has 1 aromatic carbocycles. The predicted octanol–water partition coefficient (Wildman–Crippen LogP) is 5.23. The van der Waals surface area contributed by atoms with Crippen LogP contribution in [0, 0.1) is 0 Å². The molecular formula is C26H35BN2O5. The summed E-state index contributed by atoms with van der Waals surface area (Å²) in [7, 11) is -0.614. The third kappa shape index (κ3) is 4.93. The minimum absolute atomic E-state index is 0.175. The summed E-state index contributed by atoms with van der Waals surface area (Å²) in [6.45, 7) is 13.7. The molecule has 0 radical (unpaired) electrons. The molecule has 1 fully saturated rings. The van der Waals surface area contributed by atoms with E-state index in [1.165, 1.54) is 0 Å². The molecule has 2 N–H and O–H groups in total. The van der Waals surface area contributed by atoms with Crippen molar-refractivity contribution in [2.24, 2.45) is 0 Å². The molecule has 0 bridgehead atoms. The number of H-pyrrole nitrogens is 1. The highest BCUT2D eigenvalue weighted by Crippen LogP contribution is 2.39. The molecule has 1 aromatic heterocycles. The molecule has 0 unspecified atom stereocenters. The number of rotatable bonds is 4. The van der Waals surface area contributed by atoms with Gasteiger partial charge in [0.2, 0.25) is 0 Å². The summed E-state index contributed by atoms with van der Waals surface area (Å²) >= 11 is 0. The fraction of sp³-hybridized carbons (Fsp3) is 0.538. The Balaban J connectivity index is 1.66. The Hall–Kier alpha value is -2.58. The number of hydrogen-bond acceptors (Lipinski definition) is 5. The largest absolute Gasteiger partial charge is 0.492 e. The van der Waals surface area contributed by atoms with Crippen molar-refractivity contribution < 1.29 is 23.6 Å². The highest BCUT2D eigenvalue weighted by atomic mass is 16.7. The van der Waals surface area contributed by atoms with E-state index in [0.717, 1.165) is 46.0 Å². The maximum Gasteiger partial charge on any atom is 0.492 e. The van der Waals surface area contributed by atoms with Gasteiger partial charge in [-0.05, 0) is 90.0 Å². The minimum Gasteiger partial charge on any atom is -0.444 e. The van der Waals surface area contributed by atoms with Crippen LogP contribution >= 0.6 is 0 Å². The highest BCUT2D eigenvalue weighted by molar-refractivity contribution is 6.56. The predicted molar refractivity (Wildman–Crippen MR) is 134 cm³/mol. The summed E-state index contributed by atoms with van der Waals surface area (Å²) in [5.41, 5.74) is 2.91. The topological polar surface area (TPSA) is 89.7 Å². The van der Waals surface area contributed by atoms with Crippen molar-refractivity contribution in [1.29, 1.82) is 0 Å². The Labute approximate surface area is 201 Å². The van der Waals surface area contributed by atoms with Crippen molar-refractivity contribution in [3.63, 3.8) is 0 Å². The number of amides is 1. The van der Waals surface area contributed by atoms with Crippen molar-refractivity contribution in [3.8, 4) is 0 Å². The molecular weight excluding hydrogens is 431 g/mol. The highest BCUT2D eigenvalue weighted by Gasteiger charge is 2.52. The Morgan fingerprint density at radius 1 is 1.18 bits per heavy atom.